The molecule has 0 aliphatic rings. The Balaban J connectivity index is 1.53. The van der Waals surface area contributed by atoms with E-state index in [0.29, 0.717) is 24.2 Å². The van der Waals surface area contributed by atoms with Crippen LogP contribution in [0.1, 0.15) is 17.5 Å². The molecular weight excluding hydrogens is 318 g/mol. The van der Waals surface area contributed by atoms with Crippen LogP contribution < -0.4 is 10.2 Å². The van der Waals surface area contributed by atoms with Gasteiger partial charge in [-0.25, -0.2) is 5.43 Å². The second kappa shape index (κ2) is 7.53. The number of hydrogen-bond acceptors (Lipinski definition) is 4. The van der Waals surface area contributed by atoms with Crippen molar-refractivity contribution in [2.75, 3.05) is 7.11 Å². The Bertz CT molecular complexity index is 915. The van der Waals surface area contributed by atoms with Crippen LogP contribution in [0, 0.1) is 0 Å². The average Bonchev–Trinajstić information content (AvgIpc) is 3.03. The summed E-state index contributed by atoms with van der Waals surface area (Å²) in [6.45, 7) is 0. The average molecular weight is 337 g/mol. The van der Waals surface area contributed by atoms with E-state index < -0.39 is 0 Å². The van der Waals surface area contributed by atoms with E-state index in [1.54, 1.807) is 12.1 Å². The van der Waals surface area contributed by atoms with E-state index >= 15 is 0 Å². The number of aromatic nitrogens is 1. The van der Waals surface area contributed by atoms with Crippen molar-refractivity contribution in [3.63, 3.8) is 0 Å². The molecule has 1 aromatic heterocycles. The van der Waals surface area contributed by atoms with Crippen LogP contribution in [0.3, 0.4) is 0 Å². The number of ether oxygens (including phenoxy) is 1. The molecule has 0 aliphatic heterocycles. The quantitative estimate of drug-likeness (QED) is 0.477. The second-order valence-corrected chi connectivity index (χ2v) is 5.58. The van der Waals surface area contributed by atoms with Crippen molar-refractivity contribution >= 4 is 23.0 Å². The zero-order valence-electron chi connectivity index (χ0n) is 13.8. The fourth-order valence-electron chi connectivity index (χ4n) is 2.61. The molecule has 2 aromatic carbocycles. The second-order valence-electron chi connectivity index (χ2n) is 5.58. The highest BCUT2D eigenvalue weighted by Gasteiger charge is 2.06. The van der Waals surface area contributed by atoms with Gasteiger partial charge in [-0.3, -0.25) is 4.79 Å². The van der Waals surface area contributed by atoms with Crippen molar-refractivity contribution in [1.82, 2.24) is 10.4 Å². The molecule has 0 aliphatic carbocycles. The number of phenolic OH excluding ortho intramolecular Hbond substituents is 1. The van der Waals surface area contributed by atoms with E-state index in [0.717, 1.165) is 16.5 Å². The maximum atomic E-state index is 11.9. The lowest BCUT2D eigenvalue weighted by atomic mass is 10.1. The first-order chi connectivity index (χ1) is 12.2. The van der Waals surface area contributed by atoms with Crippen molar-refractivity contribution in [2.24, 2.45) is 5.10 Å². The molecule has 0 saturated heterocycles. The largest absolute Gasteiger partial charge is 0.504 e. The van der Waals surface area contributed by atoms with Crippen LogP contribution in [-0.4, -0.2) is 29.3 Å². The highest BCUT2D eigenvalue weighted by molar-refractivity contribution is 5.85. The van der Waals surface area contributed by atoms with Gasteiger partial charge in [0.1, 0.15) is 0 Å². The summed E-state index contributed by atoms with van der Waals surface area (Å²) < 4.78 is 4.97. The number of nitrogens with one attached hydrogen (secondary N) is 2. The van der Waals surface area contributed by atoms with Gasteiger partial charge in [-0.05, 0) is 41.8 Å². The fraction of sp³-hybridized carbons (Fsp3) is 0.158. The van der Waals surface area contributed by atoms with Gasteiger partial charge in [0.2, 0.25) is 5.91 Å². The van der Waals surface area contributed by atoms with E-state index in [9.17, 15) is 9.90 Å². The number of hydrazone groups is 1. The van der Waals surface area contributed by atoms with Crippen molar-refractivity contribution in [1.29, 1.82) is 0 Å². The van der Waals surface area contributed by atoms with Crippen LogP contribution in [-0.2, 0) is 11.2 Å². The van der Waals surface area contributed by atoms with Gasteiger partial charge in [-0.1, -0.05) is 18.2 Å². The minimum absolute atomic E-state index is 0.0251. The summed E-state index contributed by atoms with van der Waals surface area (Å²) in [6, 6.07) is 12.9. The predicted molar refractivity (Wildman–Crippen MR) is 97.0 cm³/mol. The number of carbonyl (C=O) groups is 1. The fourth-order valence-corrected chi connectivity index (χ4v) is 2.61. The Morgan fingerprint density at radius 2 is 2.16 bits per heavy atom. The van der Waals surface area contributed by atoms with Crippen LogP contribution >= 0.6 is 0 Å². The van der Waals surface area contributed by atoms with Crippen molar-refractivity contribution < 1.29 is 14.6 Å². The smallest absolute Gasteiger partial charge is 0.240 e. The predicted octanol–water partition coefficient (Wildman–Crippen LogP) is 2.97. The summed E-state index contributed by atoms with van der Waals surface area (Å²) in [6.07, 6.45) is 4.38. The van der Waals surface area contributed by atoms with Crippen LogP contribution in [0.2, 0.25) is 0 Å². The van der Waals surface area contributed by atoms with Gasteiger partial charge in [0.25, 0.3) is 0 Å². The SMILES string of the molecule is COc1ccc(/C=N\NC(=O)CCc2c[nH]c3ccccc23)cc1O. The first kappa shape index (κ1) is 16.6. The third-order valence-electron chi connectivity index (χ3n) is 3.90. The lowest BCUT2D eigenvalue weighted by Crippen LogP contribution is -2.17. The number of carbonyl (C=O) groups excluding carboxylic acids is 1. The number of phenols is 1. The number of benzene rings is 2. The number of aromatic amines is 1. The number of hydrogen-bond donors (Lipinski definition) is 3. The third kappa shape index (κ3) is 3.98. The Morgan fingerprint density at radius 3 is 2.96 bits per heavy atom. The number of H-pyrrole nitrogens is 1. The molecule has 0 atom stereocenters. The molecule has 3 aromatic rings. The summed E-state index contributed by atoms with van der Waals surface area (Å²) in [5.74, 6) is 0.247. The first-order valence-electron chi connectivity index (χ1n) is 7.91. The summed E-state index contributed by atoms with van der Waals surface area (Å²) >= 11 is 0. The number of rotatable bonds is 6. The Kier molecular flexibility index (Phi) is 4.99. The number of para-hydroxylation sites is 1. The number of aryl methyl sites for hydroxylation is 1. The van der Waals surface area contributed by atoms with E-state index in [2.05, 4.69) is 15.5 Å². The van der Waals surface area contributed by atoms with Gasteiger partial charge in [-0.15, -0.1) is 0 Å². The summed E-state index contributed by atoms with van der Waals surface area (Å²) in [5.41, 5.74) is 5.33. The maximum absolute atomic E-state index is 11.9. The van der Waals surface area contributed by atoms with Gasteiger partial charge in [-0.2, -0.15) is 5.10 Å². The molecule has 1 amide bonds. The standard InChI is InChI=1S/C19H19N3O3/c1-25-18-8-6-13(10-17(18)23)11-21-22-19(24)9-7-14-12-20-16-5-3-2-4-15(14)16/h2-6,8,10-12,20,23H,7,9H2,1H3,(H,22,24)/b21-11-. The van der Waals surface area contributed by atoms with Crippen molar-refractivity contribution in [3.8, 4) is 11.5 Å². The Hall–Kier alpha value is -3.28. The Labute approximate surface area is 145 Å². The van der Waals surface area contributed by atoms with Crippen LogP contribution in [0.5, 0.6) is 11.5 Å². The molecule has 6 heteroatoms. The van der Waals surface area contributed by atoms with Crippen LogP contribution in [0.15, 0.2) is 53.8 Å². The lowest BCUT2D eigenvalue weighted by molar-refractivity contribution is -0.121. The number of amides is 1. The zero-order chi connectivity index (χ0) is 17.6. The molecule has 0 unspecified atom stereocenters. The summed E-state index contributed by atoms with van der Waals surface area (Å²) in [7, 11) is 1.48. The number of methoxy groups -OCH3 is 1. The third-order valence-corrected chi connectivity index (χ3v) is 3.90. The summed E-state index contributed by atoms with van der Waals surface area (Å²) in [5, 5.41) is 14.7. The first-order valence-corrected chi connectivity index (χ1v) is 7.91. The van der Waals surface area contributed by atoms with Gasteiger partial charge in [0.15, 0.2) is 11.5 Å². The monoisotopic (exact) mass is 337 g/mol. The number of fused-ring (bicyclic) bond motifs is 1. The molecular formula is C19H19N3O3. The van der Waals surface area contributed by atoms with E-state index in [-0.39, 0.29) is 11.7 Å². The molecule has 0 saturated carbocycles. The summed E-state index contributed by atoms with van der Waals surface area (Å²) in [4.78, 5) is 15.1. The minimum Gasteiger partial charge on any atom is -0.504 e. The lowest BCUT2D eigenvalue weighted by Gasteiger charge is -2.03. The molecule has 1 heterocycles. The molecule has 0 bridgehead atoms. The van der Waals surface area contributed by atoms with E-state index in [4.69, 9.17) is 4.74 Å². The molecule has 0 fully saturated rings. The molecule has 25 heavy (non-hydrogen) atoms. The Morgan fingerprint density at radius 1 is 1.32 bits per heavy atom. The number of aromatic hydroxyl groups is 1. The highest BCUT2D eigenvalue weighted by atomic mass is 16.5. The zero-order valence-corrected chi connectivity index (χ0v) is 13.8. The van der Waals surface area contributed by atoms with E-state index in [1.165, 1.54) is 19.4 Å². The molecule has 0 spiro atoms. The highest BCUT2D eigenvalue weighted by Crippen LogP contribution is 2.25. The van der Waals surface area contributed by atoms with Crippen molar-refractivity contribution in [2.45, 2.75) is 12.8 Å². The minimum atomic E-state index is -0.167. The topological polar surface area (TPSA) is 86.7 Å². The molecule has 0 radical (unpaired) electrons. The van der Waals surface area contributed by atoms with Crippen LogP contribution in [0.25, 0.3) is 10.9 Å². The molecule has 3 N–H and O–H groups in total. The molecule has 3 rings (SSSR count). The molecule has 6 nitrogen and oxygen atoms in total. The maximum Gasteiger partial charge on any atom is 0.240 e. The van der Waals surface area contributed by atoms with Crippen molar-refractivity contribution in [3.05, 3.63) is 59.8 Å². The van der Waals surface area contributed by atoms with E-state index in [1.807, 2.05) is 30.5 Å². The number of nitrogens with zero attached hydrogens (tertiary/aromatic N) is 1. The van der Waals surface area contributed by atoms with Gasteiger partial charge >= 0.3 is 0 Å². The van der Waals surface area contributed by atoms with Crippen LogP contribution in [0.4, 0.5) is 0 Å². The van der Waals surface area contributed by atoms with Gasteiger partial charge in [0, 0.05) is 23.5 Å². The van der Waals surface area contributed by atoms with Gasteiger partial charge in [0.05, 0.1) is 13.3 Å². The molecule has 128 valence electrons. The van der Waals surface area contributed by atoms with Gasteiger partial charge < -0.3 is 14.8 Å². The normalized spacial score (nSPS) is 11.1.